The molecule has 0 unspecified atom stereocenters. The van der Waals surface area contributed by atoms with Gasteiger partial charge in [-0.3, -0.25) is 4.79 Å². The quantitative estimate of drug-likeness (QED) is 0.400. The number of nitrogens with zero attached hydrogens (tertiary/aromatic N) is 1. The van der Waals surface area contributed by atoms with Gasteiger partial charge in [0.2, 0.25) is 10.0 Å². The molecule has 166 valence electrons. The molecule has 2 rings (SSSR count). The number of ketones is 1. The first kappa shape index (κ1) is 24.2. The molecule has 3 N–H and O–H groups in total. The minimum absolute atomic E-state index is 0.0428. The van der Waals surface area contributed by atoms with Gasteiger partial charge in [-0.1, -0.05) is 30.3 Å². The number of rotatable bonds is 6. The van der Waals surface area contributed by atoms with Crippen LogP contribution in [0.25, 0.3) is 0 Å². The average Bonchev–Trinajstić information content (AvgIpc) is 2.65. The molecule has 0 saturated heterocycles. The molecule has 0 bridgehead atoms. The molecule has 2 aromatic carbocycles. The van der Waals surface area contributed by atoms with E-state index in [0.717, 1.165) is 11.1 Å². The summed E-state index contributed by atoms with van der Waals surface area (Å²) in [4.78, 5) is 24.7. The van der Waals surface area contributed by atoms with Crippen molar-refractivity contribution in [1.82, 2.24) is 5.43 Å². The van der Waals surface area contributed by atoms with Crippen molar-refractivity contribution in [2.75, 3.05) is 0 Å². The molecule has 0 fully saturated rings. The van der Waals surface area contributed by atoms with Gasteiger partial charge in [-0.2, -0.15) is 5.10 Å². The Hall–Kier alpha value is -3.04. The Morgan fingerprint density at radius 3 is 2.29 bits per heavy atom. The first-order chi connectivity index (χ1) is 14.3. The fourth-order valence-corrected chi connectivity index (χ4v) is 3.49. The van der Waals surface area contributed by atoms with Crippen molar-refractivity contribution in [1.29, 1.82) is 0 Å². The van der Waals surface area contributed by atoms with Crippen molar-refractivity contribution < 1.29 is 22.7 Å². The number of aryl methyl sites for hydroxylation is 2. The van der Waals surface area contributed by atoms with Gasteiger partial charge in [-0.15, -0.1) is 0 Å². The molecule has 1 amide bonds. The van der Waals surface area contributed by atoms with Gasteiger partial charge in [0.25, 0.3) is 0 Å². The van der Waals surface area contributed by atoms with Crippen LogP contribution in [0.3, 0.4) is 0 Å². The number of amides is 1. The summed E-state index contributed by atoms with van der Waals surface area (Å²) >= 11 is 0. The molecule has 0 radical (unpaired) electrons. The van der Waals surface area contributed by atoms with Crippen molar-refractivity contribution in [3.05, 3.63) is 64.7 Å². The third-order valence-electron chi connectivity index (χ3n) is 4.34. The molecular formula is C22H27N3O5S. The van der Waals surface area contributed by atoms with E-state index in [1.54, 1.807) is 32.9 Å². The SMILES string of the molecule is Cc1ccc(/C(CC(=O)c2ccccc2S(N)(=O)=O)=N/NC(=O)OC(C)(C)C)cc1C. The number of ether oxygens (including phenoxy) is 1. The van der Waals surface area contributed by atoms with Crippen LogP contribution in [0.5, 0.6) is 0 Å². The van der Waals surface area contributed by atoms with Crippen LogP contribution in [-0.2, 0) is 14.8 Å². The van der Waals surface area contributed by atoms with Crippen molar-refractivity contribution in [2.24, 2.45) is 10.2 Å². The smallest absolute Gasteiger partial charge is 0.428 e. The van der Waals surface area contributed by atoms with E-state index in [-0.39, 0.29) is 22.6 Å². The first-order valence-corrected chi connectivity index (χ1v) is 11.1. The number of sulfonamides is 1. The molecule has 2 aromatic rings. The summed E-state index contributed by atoms with van der Waals surface area (Å²) in [6.07, 6.45) is -1.03. The zero-order valence-corrected chi connectivity index (χ0v) is 19.0. The maximum Gasteiger partial charge on any atom is 0.428 e. The molecule has 9 heteroatoms. The van der Waals surface area contributed by atoms with E-state index in [1.807, 2.05) is 26.0 Å². The van der Waals surface area contributed by atoms with Crippen LogP contribution in [0, 0.1) is 13.8 Å². The summed E-state index contributed by atoms with van der Waals surface area (Å²) in [7, 11) is -4.09. The number of hydrogen-bond acceptors (Lipinski definition) is 6. The highest BCUT2D eigenvalue weighted by atomic mass is 32.2. The summed E-state index contributed by atoms with van der Waals surface area (Å²) in [6.45, 7) is 9.01. The predicted molar refractivity (Wildman–Crippen MR) is 119 cm³/mol. The highest BCUT2D eigenvalue weighted by molar-refractivity contribution is 7.89. The minimum atomic E-state index is -4.09. The average molecular weight is 446 g/mol. The molecule has 0 aliphatic rings. The Labute approximate surface area is 182 Å². The van der Waals surface area contributed by atoms with E-state index in [1.165, 1.54) is 18.2 Å². The van der Waals surface area contributed by atoms with Crippen molar-refractivity contribution in [3.8, 4) is 0 Å². The van der Waals surface area contributed by atoms with Gasteiger partial charge in [0.1, 0.15) is 5.60 Å². The standard InChI is InChI=1S/C22H27N3O5S/c1-14-10-11-16(12-15(14)2)18(24-25-21(27)30-22(3,4)5)13-19(26)17-8-6-7-9-20(17)31(23,28)29/h6-12H,13H2,1-5H3,(H,25,27)(H2,23,28,29)/b24-18+. The van der Waals surface area contributed by atoms with Gasteiger partial charge < -0.3 is 4.74 Å². The number of benzene rings is 2. The fourth-order valence-electron chi connectivity index (χ4n) is 2.73. The second-order valence-electron chi connectivity index (χ2n) is 8.11. The molecule has 8 nitrogen and oxygen atoms in total. The number of nitrogens with one attached hydrogen (secondary N) is 1. The molecule has 0 aliphatic carbocycles. The third-order valence-corrected chi connectivity index (χ3v) is 5.31. The van der Waals surface area contributed by atoms with Crippen LogP contribution in [-0.4, -0.2) is 31.6 Å². The topological polar surface area (TPSA) is 128 Å². The summed E-state index contributed by atoms with van der Waals surface area (Å²) in [5.41, 5.74) is 4.43. The van der Waals surface area contributed by atoms with Crippen molar-refractivity contribution >= 4 is 27.6 Å². The van der Waals surface area contributed by atoms with Crippen LogP contribution in [0.1, 0.15) is 54.2 Å². The molecular weight excluding hydrogens is 418 g/mol. The summed E-state index contributed by atoms with van der Waals surface area (Å²) < 4.78 is 28.9. The zero-order chi connectivity index (χ0) is 23.4. The Balaban J connectivity index is 2.42. The summed E-state index contributed by atoms with van der Waals surface area (Å²) in [5, 5.41) is 9.34. The van der Waals surface area contributed by atoms with Gasteiger partial charge in [0.15, 0.2) is 5.78 Å². The Kier molecular flexibility index (Phi) is 7.35. The normalized spacial score (nSPS) is 12.4. The molecule has 0 heterocycles. The van der Waals surface area contributed by atoms with Crippen LogP contribution in [0.15, 0.2) is 52.5 Å². The molecule has 0 spiro atoms. The molecule has 0 atom stereocenters. The van der Waals surface area contributed by atoms with E-state index in [2.05, 4.69) is 10.5 Å². The number of hydrazone groups is 1. The Morgan fingerprint density at radius 1 is 1.06 bits per heavy atom. The molecule has 0 saturated carbocycles. The number of carbonyl (C=O) groups excluding carboxylic acids is 2. The number of hydrogen-bond donors (Lipinski definition) is 2. The Morgan fingerprint density at radius 2 is 1.71 bits per heavy atom. The van der Waals surface area contributed by atoms with Crippen LogP contribution in [0.2, 0.25) is 0 Å². The van der Waals surface area contributed by atoms with Crippen molar-refractivity contribution in [3.63, 3.8) is 0 Å². The first-order valence-electron chi connectivity index (χ1n) is 9.56. The fraction of sp³-hybridized carbons (Fsp3) is 0.318. The lowest BCUT2D eigenvalue weighted by molar-refractivity contribution is 0.0528. The second kappa shape index (κ2) is 9.40. The minimum Gasteiger partial charge on any atom is -0.443 e. The van der Waals surface area contributed by atoms with E-state index >= 15 is 0 Å². The number of Topliss-reactive ketones (excluding diaryl/α,β-unsaturated/α-hetero) is 1. The lowest BCUT2D eigenvalue weighted by atomic mass is 9.98. The van der Waals surface area contributed by atoms with Crippen LogP contribution >= 0.6 is 0 Å². The van der Waals surface area contributed by atoms with Gasteiger partial charge in [0, 0.05) is 5.56 Å². The van der Waals surface area contributed by atoms with Crippen LogP contribution < -0.4 is 10.6 Å². The van der Waals surface area contributed by atoms with Gasteiger partial charge >= 0.3 is 6.09 Å². The predicted octanol–water partition coefficient (Wildman–Crippen LogP) is 3.45. The van der Waals surface area contributed by atoms with E-state index in [4.69, 9.17) is 9.88 Å². The molecule has 31 heavy (non-hydrogen) atoms. The molecule has 0 aromatic heterocycles. The van der Waals surface area contributed by atoms with Gasteiger partial charge in [0.05, 0.1) is 17.0 Å². The number of primary sulfonamides is 1. The molecule has 0 aliphatic heterocycles. The maximum atomic E-state index is 13.0. The van der Waals surface area contributed by atoms with E-state index in [9.17, 15) is 18.0 Å². The van der Waals surface area contributed by atoms with E-state index < -0.39 is 27.5 Å². The monoisotopic (exact) mass is 445 g/mol. The maximum absolute atomic E-state index is 13.0. The van der Waals surface area contributed by atoms with Gasteiger partial charge in [-0.05, 0) is 63.4 Å². The van der Waals surface area contributed by atoms with Gasteiger partial charge in [-0.25, -0.2) is 23.8 Å². The largest absolute Gasteiger partial charge is 0.443 e. The second-order valence-corrected chi connectivity index (χ2v) is 9.64. The van der Waals surface area contributed by atoms with Crippen LogP contribution in [0.4, 0.5) is 4.79 Å². The lowest BCUT2D eigenvalue weighted by Crippen LogP contribution is -2.30. The third kappa shape index (κ3) is 7.01. The number of nitrogens with two attached hydrogens (primary N) is 1. The summed E-state index contributed by atoms with van der Waals surface area (Å²) in [6, 6.07) is 11.2. The lowest BCUT2D eigenvalue weighted by Gasteiger charge is -2.19. The van der Waals surface area contributed by atoms with Crippen molar-refractivity contribution in [2.45, 2.75) is 51.5 Å². The zero-order valence-electron chi connectivity index (χ0n) is 18.2. The highest BCUT2D eigenvalue weighted by Gasteiger charge is 2.22. The van der Waals surface area contributed by atoms with E-state index in [0.29, 0.717) is 5.56 Å². The highest BCUT2D eigenvalue weighted by Crippen LogP contribution is 2.19. The summed E-state index contributed by atoms with van der Waals surface area (Å²) in [5.74, 6) is -0.507. The Bertz CT molecular complexity index is 1130. The number of carbonyl (C=O) groups is 2.